The lowest BCUT2D eigenvalue weighted by molar-refractivity contribution is 0.102. The summed E-state index contributed by atoms with van der Waals surface area (Å²) in [5.41, 5.74) is 6.56. The molecule has 0 aliphatic rings. The van der Waals surface area contributed by atoms with Crippen molar-refractivity contribution in [2.75, 3.05) is 12.0 Å². The van der Waals surface area contributed by atoms with Crippen LogP contribution in [0.3, 0.4) is 0 Å². The normalized spacial score (nSPS) is 10.0. The minimum atomic E-state index is -0.169. The van der Waals surface area contributed by atoms with E-state index in [9.17, 15) is 4.79 Å². The van der Waals surface area contributed by atoms with E-state index < -0.39 is 0 Å². The summed E-state index contributed by atoms with van der Waals surface area (Å²) in [6, 6.07) is 14.2. The van der Waals surface area contributed by atoms with Crippen LogP contribution in [0.25, 0.3) is 0 Å². The van der Waals surface area contributed by atoms with Gasteiger partial charge >= 0.3 is 0 Å². The Morgan fingerprint density at radius 1 is 1.21 bits per heavy atom. The number of benzene rings is 2. The molecule has 0 bridgehead atoms. The van der Waals surface area contributed by atoms with Crippen LogP contribution in [0.2, 0.25) is 0 Å². The molecule has 2 rings (SSSR count). The topological polar surface area (TPSA) is 64.3 Å². The van der Waals surface area contributed by atoms with Gasteiger partial charge in [0.15, 0.2) is 0 Å². The van der Waals surface area contributed by atoms with Gasteiger partial charge in [-0.25, -0.2) is 0 Å². The SMILES string of the molecule is NCOc1cccc(NC(=O)c2ccc(Br)cc2)c1. The predicted octanol–water partition coefficient (Wildman–Crippen LogP) is 3.00. The summed E-state index contributed by atoms with van der Waals surface area (Å²) in [7, 11) is 0. The molecule has 0 aromatic heterocycles. The van der Waals surface area contributed by atoms with Gasteiger partial charge in [-0.2, -0.15) is 0 Å². The van der Waals surface area contributed by atoms with Gasteiger partial charge in [-0.3, -0.25) is 10.5 Å². The smallest absolute Gasteiger partial charge is 0.255 e. The standard InChI is InChI=1S/C14H13BrN2O2/c15-11-6-4-10(5-7-11)14(18)17-12-2-1-3-13(8-12)19-9-16/h1-8H,9,16H2,(H,17,18). The molecule has 1 amide bonds. The van der Waals surface area contributed by atoms with Crippen LogP contribution >= 0.6 is 15.9 Å². The Labute approximate surface area is 119 Å². The fraction of sp³-hybridized carbons (Fsp3) is 0.0714. The number of anilines is 1. The second-order valence-corrected chi connectivity index (χ2v) is 4.72. The molecule has 0 spiro atoms. The molecule has 0 aliphatic carbocycles. The molecule has 0 unspecified atom stereocenters. The minimum Gasteiger partial charge on any atom is -0.479 e. The van der Waals surface area contributed by atoms with E-state index in [2.05, 4.69) is 21.2 Å². The largest absolute Gasteiger partial charge is 0.479 e. The van der Waals surface area contributed by atoms with Gasteiger partial charge in [-0.15, -0.1) is 0 Å². The molecule has 2 aromatic rings. The van der Waals surface area contributed by atoms with Crippen LogP contribution in [-0.4, -0.2) is 12.6 Å². The van der Waals surface area contributed by atoms with E-state index in [1.165, 1.54) is 0 Å². The lowest BCUT2D eigenvalue weighted by Gasteiger charge is -2.08. The van der Waals surface area contributed by atoms with Crippen molar-refractivity contribution in [3.63, 3.8) is 0 Å². The van der Waals surface area contributed by atoms with Gasteiger partial charge in [-0.05, 0) is 36.4 Å². The highest BCUT2D eigenvalue weighted by Gasteiger charge is 2.06. The van der Waals surface area contributed by atoms with Crippen LogP contribution in [0, 0.1) is 0 Å². The molecule has 0 saturated heterocycles. The molecule has 0 fully saturated rings. The van der Waals surface area contributed by atoms with Gasteiger partial charge in [0.2, 0.25) is 0 Å². The zero-order valence-corrected chi connectivity index (χ0v) is 11.7. The van der Waals surface area contributed by atoms with Crippen LogP contribution in [0.5, 0.6) is 5.75 Å². The first kappa shape index (κ1) is 13.6. The van der Waals surface area contributed by atoms with Gasteiger partial charge in [-0.1, -0.05) is 22.0 Å². The molecule has 5 heteroatoms. The molecular formula is C14H13BrN2O2. The second kappa shape index (κ2) is 6.36. The molecule has 0 heterocycles. The first-order valence-electron chi connectivity index (χ1n) is 5.69. The highest BCUT2D eigenvalue weighted by atomic mass is 79.9. The van der Waals surface area contributed by atoms with Crippen molar-refractivity contribution in [2.45, 2.75) is 0 Å². The van der Waals surface area contributed by atoms with E-state index in [0.29, 0.717) is 17.0 Å². The van der Waals surface area contributed by atoms with E-state index in [-0.39, 0.29) is 12.6 Å². The molecular weight excluding hydrogens is 308 g/mol. The van der Waals surface area contributed by atoms with Crippen LogP contribution in [0.1, 0.15) is 10.4 Å². The van der Waals surface area contributed by atoms with Crippen LogP contribution in [-0.2, 0) is 0 Å². The molecule has 0 saturated carbocycles. The zero-order valence-electron chi connectivity index (χ0n) is 10.1. The molecule has 4 nitrogen and oxygen atoms in total. The number of hydrogen-bond acceptors (Lipinski definition) is 3. The average molecular weight is 321 g/mol. The fourth-order valence-corrected chi connectivity index (χ4v) is 1.83. The minimum absolute atomic E-state index is 0.101. The van der Waals surface area contributed by atoms with Crippen molar-refractivity contribution in [2.24, 2.45) is 5.73 Å². The van der Waals surface area contributed by atoms with Crippen LogP contribution in [0.15, 0.2) is 53.0 Å². The highest BCUT2D eigenvalue weighted by molar-refractivity contribution is 9.10. The average Bonchev–Trinajstić information content (AvgIpc) is 2.40. The third-order valence-electron chi connectivity index (χ3n) is 2.45. The van der Waals surface area contributed by atoms with E-state index in [1.54, 1.807) is 36.4 Å². The monoisotopic (exact) mass is 320 g/mol. The molecule has 0 radical (unpaired) electrons. The van der Waals surface area contributed by atoms with Crippen LogP contribution < -0.4 is 15.8 Å². The number of carbonyl (C=O) groups is 1. The first-order valence-corrected chi connectivity index (χ1v) is 6.48. The summed E-state index contributed by atoms with van der Waals surface area (Å²) in [4.78, 5) is 12.0. The number of hydrogen-bond donors (Lipinski definition) is 2. The Morgan fingerprint density at radius 2 is 1.95 bits per heavy atom. The number of ether oxygens (including phenoxy) is 1. The maximum Gasteiger partial charge on any atom is 0.255 e. The van der Waals surface area contributed by atoms with Gasteiger partial charge in [0.25, 0.3) is 5.91 Å². The van der Waals surface area contributed by atoms with Crippen molar-refractivity contribution in [1.82, 2.24) is 0 Å². The van der Waals surface area contributed by atoms with E-state index in [0.717, 1.165) is 4.47 Å². The van der Waals surface area contributed by atoms with Gasteiger partial charge in [0, 0.05) is 21.8 Å². The summed E-state index contributed by atoms with van der Waals surface area (Å²) in [5.74, 6) is 0.452. The molecule has 98 valence electrons. The number of nitrogens with one attached hydrogen (secondary N) is 1. The number of carbonyl (C=O) groups excluding carboxylic acids is 1. The number of amides is 1. The molecule has 0 atom stereocenters. The summed E-state index contributed by atoms with van der Waals surface area (Å²) in [6.45, 7) is 0.101. The van der Waals surface area contributed by atoms with Gasteiger partial charge in [0.1, 0.15) is 12.5 Å². The van der Waals surface area contributed by atoms with E-state index in [4.69, 9.17) is 10.5 Å². The van der Waals surface area contributed by atoms with Crippen molar-refractivity contribution in [3.05, 3.63) is 58.6 Å². The Morgan fingerprint density at radius 3 is 2.63 bits per heavy atom. The zero-order chi connectivity index (χ0) is 13.7. The molecule has 0 aliphatic heterocycles. The van der Waals surface area contributed by atoms with Crippen LogP contribution in [0.4, 0.5) is 5.69 Å². The Kier molecular flexibility index (Phi) is 4.54. The third kappa shape index (κ3) is 3.81. The maximum atomic E-state index is 12.0. The number of nitrogens with two attached hydrogens (primary N) is 1. The lowest BCUT2D eigenvalue weighted by atomic mass is 10.2. The summed E-state index contributed by atoms with van der Waals surface area (Å²) in [5, 5.41) is 2.80. The first-order chi connectivity index (χ1) is 9.19. The molecule has 2 aromatic carbocycles. The summed E-state index contributed by atoms with van der Waals surface area (Å²) < 4.78 is 6.10. The summed E-state index contributed by atoms with van der Waals surface area (Å²) >= 11 is 3.33. The number of rotatable bonds is 4. The third-order valence-corrected chi connectivity index (χ3v) is 2.98. The fourth-order valence-electron chi connectivity index (χ4n) is 1.56. The Bertz CT molecular complexity index is 570. The van der Waals surface area contributed by atoms with Crippen molar-refractivity contribution in [1.29, 1.82) is 0 Å². The second-order valence-electron chi connectivity index (χ2n) is 3.80. The molecule has 19 heavy (non-hydrogen) atoms. The predicted molar refractivity (Wildman–Crippen MR) is 78.2 cm³/mol. The Hall–Kier alpha value is -1.85. The lowest BCUT2D eigenvalue weighted by Crippen LogP contribution is -2.12. The van der Waals surface area contributed by atoms with Gasteiger partial charge < -0.3 is 10.1 Å². The van der Waals surface area contributed by atoms with E-state index in [1.807, 2.05) is 12.1 Å². The maximum absolute atomic E-state index is 12.0. The number of halogens is 1. The highest BCUT2D eigenvalue weighted by Crippen LogP contribution is 2.18. The quantitative estimate of drug-likeness (QED) is 0.851. The summed E-state index contributed by atoms with van der Waals surface area (Å²) in [6.07, 6.45) is 0. The van der Waals surface area contributed by atoms with E-state index >= 15 is 0 Å². The Balaban J connectivity index is 2.10. The van der Waals surface area contributed by atoms with Crippen molar-refractivity contribution < 1.29 is 9.53 Å². The van der Waals surface area contributed by atoms with Gasteiger partial charge in [0.05, 0.1) is 0 Å². The van der Waals surface area contributed by atoms with Crippen molar-refractivity contribution in [3.8, 4) is 5.75 Å². The van der Waals surface area contributed by atoms with Crippen molar-refractivity contribution >= 4 is 27.5 Å². The molecule has 3 N–H and O–H groups in total.